The molecule has 0 saturated heterocycles. The first-order chi connectivity index (χ1) is 27.2. The average molecular weight is 701 g/mol. The molecule has 8 aromatic carbocycles. The van der Waals surface area contributed by atoms with E-state index < -0.39 is 0 Å². The zero-order chi connectivity index (χ0) is 36.0. The Balaban J connectivity index is 0.974. The maximum atomic E-state index is 6.82. The summed E-state index contributed by atoms with van der Waals surface area (Å²) < 4.78 is 6.82. The van der Waals surface area contributed by atoms with Crippen molar-refractivity contribution in [1.29, 1.82) is 0 Å². The van der Waals surface area contributed by atoms with Gasteiger partial charge in [-0.2, -0.15) is 0 Å². The van der Waals surface area contributed by atoms with Gasteiger partial charge in [-0.1, -0.05) is 152 Å². The smallest absolute Gasteiger partial charge is 0.160 e. The Labute approximate surface area is 317 Å². The molecule has 0 saturated carbocycles. The summed E-state index contributed by atoms with van der Waals surface area (Å²) in [6.07, 6.45) is 3.23. The quantitative estimate of drug-likeness (QED) is 0.183. The first kappa shape index (κ1) is 30.4. The van der Waals surface area contributed by atoms with Gasteiger partial charge in [0.05, 0.1) is 11.4 Å². The van der Waals surface area contributed by atoms with E-state index in [1.54, 1.807) is 0 Å². The van der Waals surface area contributed by atoms with E-state index >= 15 is 0 Å². The maximum Gasteiger partial charge on any atom is 0.160 e. The monoisotopic (exact) mass is 700 g/mol. The molecule has 2 aliphatic carbocycles. The summed E-state index contributed by atoms with van der Waals surface area (Å²) in [5.41, 5.74) is 15.9. The SMILES string of the molecule is C1=C(c2cc(-c3ccc4ccccc4c3)nc(-c3ccccc3)n2)c2ccccc2C(c2ccc3c(c2)oc2c4cccc5c4c(cc32)-c2ccccc2-5)C1. The molecule has 10 aromatic rings. The lowest BCUT2D eigenvalue weighted by molar-refractivity contribution is 0.670. The Hall–Kier alpha value is -7.10. The topological polar surface area (TPSA) is 38.9 Å². The molecule has 3 nitrogen and oxygen atoms in total. The highest BCUT2D eigenvalue weighted by atomic mass is 16.3. The summed E-state index contributed by atoms with van der Waals surface area (Å²) in [4.78, 5) is 10.4. The Morgan fingerprint density at radius 3 is 2.11 bits per heavy atom. The van der Waals surface area contributed by atoms with Crippen molar-refractivity contribution < 1.29 is 4.42 Å². The van der Waals surface area contributed by atoms with Crippen LogP contribution in [-0.2, 0) is 0 Å². The van der Waals surface area contributed by atoms with Crippen LogP contribution in [0.5, 0.6) is 0 Å². The summed E-state index contributed by atoms with van der Waals surface area (Å²) in [5.74, 6) is 0.903. The minimum Gasteiger partial charge on any atom is -0.455 e. The molecule has 2 aliphatic rings. The minimum absolute atomic E-state index is 0.178. The molecule has 0 spiro atoms. The van der Waals surface area contributed by atoms with Crippen LogP contribution in [0.25, 0.3) is 94.0 Å². The third-order valence-electron chi connectivity index (χ3n) is 11.8. The lowest BCUT2D eigenvalue weighted by atomic mass is 9.78. The Morgan fingerprint density at radius 1 is 0.473 bits per heavy atom. The molecular weight excluding hydrogens is 669 g/mol. The van der Waals surface area contributed by atoms with Crippen LogP contribution in [0.1, 0.15) is 34.7 Å². The standard InChI is InChI=1S/C52H32N2O/c1-2-12-32(13-3-1)52-53-47(35-22-21-31-11-4-5-14-33(31)27-35)30-48(54-52)41-26-25-36(37-15-6-7-16-38(37)41)34-23-24-42-46-29-45-40-18-9-8-17-39(40)43-19-10-20-44(50(43)45)51(46)55-49(42)28-34/h1-24,26-30,36H,25H2. The molecule has 12 rings (SSSR count). The van der Waals surface area contributed by atoms with Crippen LogP contribution >= 0.6 is 0 Å². The highest BCUT2D eigenvalue weighted by Crippen LogP contribution is 2.51. The highest BCUT2D eigenvalue weighted by Gasteiger charge is 2.28. The average Bonchev–Trinajstić information content (AvgIpc) is 3.79. The second kappa shape index (κ2) is 11.7. The summed E-state index contributed by atoms with van der Waals surface area (Å²) in [7, 11) is 0. The summed E-state index contributed by atoms with van der Waals surface area (Å²) in [6.45, 7) is 0. The molecular formula is C52H32N2O. The number of rotatable bonds is 4. The number of aromatic nitrogens is 2. The van der Waals surface area contributed by atoms with Gasteiger partial charge in [-0.25, -0.2) is 9.97 Å². The van der Waals surface area contributed by atoms with Crippen LogP contribution in [0.15, 0.2) is 180 Å². The Bertz CT molecular complexity index is 3240. The molecule has 2 aromatic heterocycles. The van der Waals surface area contributed by atoms with Crippen molar-refractivity contribution in [3.05, 3.63) is 198 Å². The van der Waals surface area contributed by atoms with Gasteiger partial charge in [0.2, 0.25) is 0 Å². The van der Waals surface area contributed by atoms with Crippen molar-refractivity contribution in [1.82, 2.24) is 9.97 Å². The fraction of sp³-hybridized carbons (Fsp3) is 0.0385. The van der Waals surface area contributed by atoms with Gasteiger partial charge in [0.1, 0.15) is 11.2 Å². The molecule has 0 N–H and O–H groups in total. The number of fused-ring (bicyclic) bond motifs is 9. The molecule has 0 aliphatic heterocycles. The first-order valence-electron chi connectivity index (χ1n) is 19.0. The molecule has 3 heteroatoms. The van der Waals surface area contributed by atoms with Crippen LogP contribution in [0.3, 0.4) is 0 Å². The normalized spacial score (nSPS) is 14.4. The molecule has 1 atom stereocenters. The Morgan fingerprint density at radius 2 is 1.22 bits per heavy atom. The second-order valence-electron chi connectivity index (χ2n) is 14.8. The third kappa shape index (κ3) is 4.63. The van der Waals surface area contributed by atoms with E-state index in [-0.39, 0.29) is 5.92 Å². The zero-order valence-electron chi connectivity index (χ0n) is 29.8. The van der Waals surface area contributed by atoms with E-state index in [4.69, 9.17) is 14.4 Å². The van der Waals surface area contributed by atoms with Gasteiger partial charge in [0, 0.05) is 44.2 Å². The number of hydrogen-bond donors (Lipinski definition) is 0. The predicted octanol–water partition coefficient (Wildman–Crippen LogP) is 13.6. The van der Waals surface area contributed by atoms with Gasteiger partial charge < -0.3 is 4.42 Å². The fourth-order valence-corrected chi connectivity index (χ4v) is 9.21. The highest BCUT2D eigenvalue weighted by molar-refractivity contribution is 6.25. The Kier molecular flexibility index (Phi) is 6.46. The number of hydrogen-bond acceptors (Lipinski definition) is 3. The van der Waals surface area contributed by atoms with Crippen molar-refractivity contribution in [2.75, 3.05) is 0 Å². The van der Waals surface area contributed by atoms with E-state index in [2.05, 4.69) is 158 Å². The number of nitrogens with zero attached hydrogens (tertiary/aromatic N) is 2. The minimum atomic E-state index is 0.178. The first-order valence-corrected chi connectivity index (χ1v) is 19.0. The molecule has 55 heavy (non-hydrogen) atoms. The van der Waals surface area contributed by atoms with Crippen molar-refractivity contribution in [2.24, 2.45) is 0 Å². The molecule has 256 valence electrons. The van der Waals surface area contributed by atoms with Gasteiger partial charge in [0.25, 0.3) is 0 Å². The molecule has 0 fully saturated rings. The van der Waals surface area contributed by atoms with Gasteiger partial charge in [-0.15, -0.1) is 0 Å². The molecule has 2 heterocycles. The van der Waals surface area contributed by atoms with Crippen LogP contribution in [0.4, 0.5) is 0 Å². The zero-order valence-corrected chi connectivity index (χ0v) is 29.8. The molecule has 0 radical (unpaired) electrons. The van der Waals surface area contributed by atoms with Gasteiger partial charge in [-0.3, -0.25) is 0 Å². The van der Waals surface area contributed by atoms with Gasteiger partial charge in [-0.05, 0) is 80.4 Å². The van der Waals surface area contributed by atoms with Crippen LogP contribution in [0.2, 0.25) is 0 Å². The van der Waals surface area contributed by atoms with Crippen LogP contribution in [0, 0.1) is 0 Å². The maximum absolute atomic E-state index is 6.82. The van der Waals surface area contributed by atoms with Gasteiger partial charge in [0.15, 0.2) is 5.82 Å². The summed E-state index contributed by atoms with van der Waals surface area (Å²) in [5, 5.41) is 7.20. The predicted molar refractivity (Wildman–Crippen MR) is 226 cm³/mol. The van der Waals surface area contributed by atoms with Crippen LogP contribution < -0.4 is 0 Å². The largest absolute Gasteiger partial charge is 0.455 e. The lowest BCUT2D eigenvalue weighted by Crippen LogP contribution is -2.10. The fourth-order valence-electron chi connectivity index (χ4n) is 9.21. The van der Waals surface area contributed by atoms with Crippen molar-refractivity contribution in [2.45, 2.75) is 12.3 Å². The van der Waals surface area contributed by atoms with Gasteiger partial charge >= 0.3 is 0 Å². The van der Waals surface area contributed by atoms with E-state index in [1.165, 1.54) is 65.9 Å². The number of benzene rings is 8. The summed E-state index contributed by atoms with van der Waals surface area (Å²) in [6, 6.07) is 60.9. The van der Waals surface area contributed by atoms with E-state index in [0.717, 1.165) is 56.9 Å². The van der Waals surface area contributed by atoms with E-state index in [0.29, 0.717) is 0 Å². The lowest BCUT2D eigenvalue weighted by Gasteiger charge is -2.26. The number of furan rings is 1. The van der Waals surface area contributed by atoms with E-state index in [9.17, 15) is 0 Å². The molecule has 1 unspecified atom stereocenters. The second-order valence-corrected chi connectivity index (χ2v) is 14.8. The third-order valence-corrected chi connectivity index (χ3v) is 11.8. The van der Waals surface area contributed by atoms with Crippen LogP contribution in [-0.4, -0.2) is 9.97 Å². The van der Waals surface area contributed by atoms with Crippen molar-refractivity contribution in [3.8, 4) is 44.9 Å². The van der Waals surface area contributed by atoms with Crippen molar-refractivity contribution in [3.63, 3.8) is 0 Å². The van der Waals surface area contributed by atoms with E-state index in [1.807, 2.05) is 18.2 Å². The molecule has 0 amide bonds. The number of allylic oxidation sites excluding steroid dienone is 1. The summed E-state index contributed by atoms with van der Waals surface area (Å²) >= 11 is 0. The van der Waals surface area contributed by atoms with Crippen molar-refractivity contribution >= 4 is 49.1 Å². The molecule has 0 bridgehead atoms.